The minimum atomic E-state index is -0.919. The van der Waals surface area contributed by atoms with Crippen molar-refractivity contribution in [3.63, 3.8) is 0 Å². The molecule has 3 aromatic rings. The van der Waals surface area contributed by atoms with Crippen LogP contribution in [0.5, 0.6) is 11.5 Å². The number of benzene rings is 2. The largest absolute Gasteiger partial charge is 0.497 e. The Kier molecular flexibility index (Phi) is 8.07. The lowest BCUT2D eigenvalue weighted by atomic mass is 9.99. The SMILES string of the molecule is CC[C@H](C)[C@H](NC(=O)OC(C)(C)C)C(=O)Oc1ccc2c(-c3ccc(OC)cc3)cc(=O)oc2c1C. The van der Waals surface area contributed by atoms with Crippen LogP contribution in [0.3, 0.4) is 0 Å². The molecule has 0 saturated carbocycles. The zero-order chi connectivity index (χ0) is 26.6. The van der Waals surface area contributed by atoms with Crippen molar-refractivity contribution in [2.75, 3.05) is 7.11 Å². The quantitative estimate of drug-likeness (QED) is 0.258. The fourth-order valence-electron chi connectivity index (χ4n) is 3.74. The summed E-state index contributed by atoms with van der Waals surface area (Å²) in [5.74, 6) is 0.103. The summed E-state index contributed by atoms with van der Waals surface area (Å²) in [6.45, 7) is 10.7. The van der Waals surface area contributed by atoms with Crippen LogP contribution in [-0.2, 0) is 9.53 Å². The predicted octanol–water partition coefficient (Wildman–Crippen LogP) is 5.62. The first-order chi connectivity index (χ1) is 16.9. The van der Waals surface area contributed by atoms with E-state index in [1.165, 1.54) is 6.07 Å². The fraction of sp³-hybridized carbons (Fsp3) is 0.393. The molecule has 0 spiro atoms. The highest BCUT2D eigenvalue weighted by Crippen LogP contribution is 2.34. The second-order valence-corrected chi connectivity index (χ2v) is 9.70. The molecule has 8 heteroatoms. The van der Waals surface area contributed by atoms with Gasteiger partial charge >= 0.3 is 17.7 Å². The molecular formula is C28H33NO7. The number of carbonyl (C=O) groups excluding carboxylic acids is 2. The molecule has 1 N–H and O–H groups in total. The number of ether oxygens (including phenoxy) is 3. The number of esters is 1. The summed E-state index contributed by atoms with van der Waals surface area (Å²) in [5.41, 5.74) is 1.09. The summed E-state index contributed by atoms with van der Waals surface area (Å²) in [5, 5.41) is 3.33. The monoisotopic (exact) mass is 495 g/mol. The van der Waals surface area contributed by atoms with Gasteiger partial charge in [-0.05, 0) is 69.0 Å². The molecule has 36 heavy (non-hydrogen) atoms. The van der Waals surface area contributed by atoms with Gasteiger partial charge in [-0.1, -0.05) is 32.4 Å². The number of hydrogen-bond acceptors (Lipinski definition) is 7. The number of aryl methyl sites for hydroxylation is 1. The maximum atomic E-state index is 13.1. The van der Waals surface area contributed by atoms with E-state index in [0.717, 1.165) is 5.56 Å². The lowest BCUT2D eigenvalue weighted by Crippen LogP contribution is -2.48. The maximum Gasteiger partial charge on any atom is 0.408 e. The molecule has 1 heterocycles. The van der Waals surface area contributed by atoms with Gasteiger partial charge in [-0.25, -0.2) is 14.4 Å². The molecule has 0 aliphatic rings. The summed E-state index contributed by atoms with van der Waals surface area (Å²) in [7, 11) is 1.59. The zero-order valence-electron chi connectivity index (χ0n) is 21.8. The van der Waals surface area contributed by atoms with Crippen molar-refractivity contribution in [2.45, 2.75) is 59.6 Å². The van der Waals surface area contributed by atoms with Gasteiger partial charge in [0.2, 0.25) is 0 Å². The average Bonchev–Trinajstić information content (AvgIpc) is 2.82. The van der Waals surface area contributed by atoms with E-state index < -0.39 is 29.3 Å². The summed E-state index contributed by atoms with van der Waals surface area (Å²) in [4.78, 5) is 37.9. The van der Waals surface area contributed by atoms with Gasteiger partial charge in [-0.15, -0.1) is 0 Å². The normalized spacial score (nSPS) is 13.1. The Morgan fingerprint density at radius 1 is 1.08 bits per heavy atom. The molecule has 2 aromatic carbocycles. The van der Waals surface area contributed by atoms with Crippen molar-refractivity contribution in [1.82, 2.24) is 5.32 Å². The average molecular weight is 496 g/mol. The molecule has 1 aromatic heterocycles. The Hall–Kier alpha value is -3.81. The van der Waals surface area contributed by atoms with Crippen LogP contribution in [0, 0.1) is 12.8 Å². The van der Waals surface area contributed by atoms with Crippen LogP contribution in [-0.4, -0.2) is 30.8 Å². The van der Waals surface area contributed by atoms with Crippen molar-refractivity contribution < 1.29 is 28.2 Å². The molecule has 0 aliphatic carbocycles. The molecule has 0 fully saturated rings. The standard InChI is InChI=1S/C28H33NO7/c1-8-16(2)24(29-27(32)36-28(4,5)6)26(31)34-22-14-13-20-21(15-23(30)35-25(20)17(22)3)18-9-11-19(33-7)12-10-18/h9-16,24H,8H2,1-7H3,(H,29,32)/t16-,24-/m0/s1. The number of alkyl carbamates (subject to hydrolysis) is 1. The third kappa shape index (κ3) is 6.24. The highest BCUT2D eigenvalue weighted by Gasteiger charge is 2.30. The number of rotatable bonds is 7. The summed E-state index contributed by atoms with van der Waals surface area (Å²) < 4.78 is 21.7. The molecule has 1 amide bonds. The van der Waals surface area contributed by atoms with Crippen LogP contribution in [0.25, 0.3) is 22.1 Å². The van der Waals surface area contributed by atoms with Crippen molar-refractivity contribution in [1.29, 1.82) is 0 Å². The van der Waals surface area contributed by atoms with E-state index in [-0.39, 0.29) is 11.7 Å². The molecule has 0 aliphatic heterocycles. The minimum absolute atomic E-state index is 0.203. The zero-order valence-corrected chi connectivity index (χ0v) is 21.8. The van der Waals surface area contributed by atoms with Crippen LogP contribution < -0.4 is 20.4 Å². The number of fused-ring (bicyclic) bond motifs is 1. The predicted molar refractivity (Wildman–Crippen MR) is 137 cm³/mol. The number of nitrogens with one attached hydrogen (secondary N) is 1. The second-order valence-electron chi connectivity index (χ2n) is 9.70. The number of hydrogen-bond donors (Lipinski definition) is 1. The molecule has 192 valence electrons. The van der Waals surface area contributed by atoms with E-state index in [2.05, 4.69) is 5.32 Å². The molecule has 0 unspecified atom stereocenters. The second kappa shape index (κ2) is 10.8. The van der Waals surface area contributed by atoms with Gasteiger partial charge in [-0.3, -0.25) is 0 Å². The summed E-state index contributed by atoms with van der Waals surface area (Å²) in [6.07, 6.45) is -0.0677. The first kappa shape index (κ1) is 26.8. The summed E-state index contributed by atoms with van der Waals surface area (Å²) in [6, 6.07) is 11.2. The third-order valence-corrected chi connectivity index (χ3v) is 5.86. The van der Waals surface area contributed by atoms with E-state index in [9.17, 15) is 14.4 Å². The van der Waals surface area contributed by atoms with E-state index >= 15 is 0 Å². The Morgan fingerprint density at radius 2 is 1.75 bits per heavy atom. The molecule has 0 bridgehead atoms. The smallest absolute Gasteiger partial charge is 0.408 e. The van der Waals surface area contributed by atoms with E-state index in [1.807, 2.05) is 38.1 Å². The topological polar surface area (TPSA) is 104 Å². The lowest BCUT2D eigenvalue weighted by Gasteiger charge is -2.25. The number of carbonyl (C=O) groups is 2. The molecule has 0 saturated heterocycles. The summed E-state index contributed by atoms with van der Waals surface area (Å²) >= 11 is 0. The molecule has 8 nitrogen and oxygen atoms in total. The Morgan fingerprint density at radius 3 is 2.33 bits per heavy atom. The molecule has 2 atom stereocenters. The Bertz CT molecular complexity index is 1300. The fourth-order valence-corrected chi connectivity index (χ4v) is 3.74. The van der Waals surface area contributed by atoms with E-state index in [0.29, 0.717) is 34.3 Å². The van der Waals surface area contributed by atoms with Gasteiger partial charge in [0.05, 0.1) is 7.11 Å². The Labute approximate surface area is 210 Å². The highest BCUT2D eigenvalue weighted by molar-refractivity contribution is 5.96. The van der Waals surface area contributed by atoms with Crippen LogP contribution in [0.1, 0.15) is 46.6 Å². The van der Waals surface area contributed by atoms with Crippen molar-refractivity contribution in [3.8, 4) is 22.6 Å². The highest BCUT2D eigenvalue weighted by atomic mass is 16.6. The van der Waals surface area contributed by atoms with Crippen molar-refractivity contribution >= 4 is 23.0 Å². The van der Waals surface area contributed by atoms with Crippen LogP contribution >= 0.6 is 0 Å². The molecular weight excluding hydrogens is 462 g/mol. The molecule has 3 rings (SSSR count). The number of methoxy groups -OCH3 is 1. The van der Waals surface area contributed by atoms with Crippen LogP contribution in [0.4, 0.5) is 4.79 Å². The van der Waals surface area contributed by atoms with Gasteiger partial charge < -0.3 is 23.9 Å². The maximum absolute atomic E-state index is 13.1. The van der Waals surface area contributed by atoms with Crippen LogP contribution in [0.2, 0.25) is 0 Å². The Balaban J connectivity index is 1.94. The number of amides is 1. The first-order valence-corrected chi connectivity index (χ1v) is 11.9. The van der Waals surface area contributed by atoms with Crippen molar-refractivity contribution in [3.05, 3.63) is 58.4 Å². The van der Waals surface area contributed by atoms with E-state index in [1.54, 1.807) is 46.9 Å². The minimum Gasteiger partial charge on any atom is -0.497 e. The van der Waals surface area contributed by atoms with Crippen molar-refractivity contribution in [2.24, 2.45) is 5.92 Å². The first-order valence-electron chi connectivity index (χ1n) is 11.9. The van der Waals surface area contributed by atoms with Crippen LogP contribution in [0.15, 0.2) is 51.7 Å². The van der Waals surface area contributed by atoms with Gasteiger partial charge in [0.15, 0.2) is 0 Å². The van der Waals surface area contributed by atoms with E-state index in [4.69, 9.17) is 18.6 Å². The van der Waals surface area contributed by atoms with Gasteiger partial charge in [-0.2, -0.15) is 0 Å². The van der Waals surface area contributed by atoms with Gasteiger partial charge in [0.1, 0.15) is 28.7 Å². The van der Waals surface area contributed by atoms with Gasteiger partial charge in [0.25, 0.3) is 0 Å². The van der Waals surface area contributed by atoms with Gasteiger partial charge in [0, 0.05) is 17.0 Å². The molecule has 0 radical (unpaired) electrons. The third-order valence-electron chi connectivity index (χ3n) is 5.86. The lowest BCUT2D eigenvalue weighted by molar-refractivity contribution is -0.138.